The molecule has 0 aliphatic heterocycles. The van der Waals surface area contributed by atoms with Gasteiger partial charge >= 0.3 is 0 Å². The Labute approximate surface area is 170 Å². The van der Waals surface area contributed by atoms with E-state index in [0.29, 0.717) is 11.8 Å². The number of para-hydroxylation sites is 3. The number of hydrogen-bond donors (Lipinski definition) is 2. The van der Waals surface area contributed by atoms with Crippen LogP contribution < -0.4 is 15.4 Å². The second-order valence-corrected chi connectivity index (χ2v) is 6.58. The van der Waals surface area contributed by atoms with Crippen LogP contribution in [0.3, 0.4) is 0 Å². The predicted octanol–water partition coefficient (Wildman–Crippen LogP) is 6.19. The molecule has 1 aromatic heterocycles. The van der Waals surface area contributed by atoms with Gasteiger partial charge in [0.05, 0.1) is 11.7 Å². The number of hydrogen-bond acceptors (Lipinski definition) is 5. The fourth-order valence-corrected chi connectivity index (χ4v) is 2.93. The van der Waals surface area contributed by atoms with E-state index in [2.05, 4.69) is 39.7 Å². The standard InChI is InChI=1S/C24H22N4O/c1-18(19-10-4-2-5-11-19)26-24-25-17-16-23(28-24)27-21-14-8-9-15-22(21)29-20-12-6-3-7-13-20/h2-18H,1H3,(H2,25,26,27,28). The summed E-state index contributed by atoms with van der Waals surface area (Å²) in [6, 6.07) is 29.6. The van der Waals surface area contributed by atoms with Crippen LogP contribution in [0.25, 0.3) is 0 Å². The normalized spacial score (nSPS) is 11.5. The van der Waals surface area contributed by atoms with Crippen LogP contribution >= 0.6 is 0 Å². The summed E-state index contributed by atoms with van der Waals surface area (Å²) in [6.07, 6.45) is 1.73. The number of nitrogens with one attached hydrogen (secondary N) is 2. The molecule has 4 aromatic rings. The van der Waals surface area contributed by atoms with E-state index in [9.17, 15) is 0 Å². The van der Waals surface area contributed by atoms with Crippen molar-refractivity contribution in [3.8, 4) is 11.5 Å². The Morgan fingerprint density at radius 1 is 0.793 bits per heavy atom. The fourth-order valence-electron chi connectivity index (χ4n) is 2.93. The Kier molecular flexibility index (Phi) is 5.67. The van der Waals surface area contributed by atoms with Gasteiger partial charge in [-0.2, -0.15) is 4.98 Å². The SMILES string of the molecule is CC(Nc1nccc(Nc2ccccc2Oc2ccccc2)n1)c1ccccc1. The van der Waals surface area contributed by atoms with Crippen molar-refractivity contribution in [1.82, 2.24) is 9.97 Å². The Bertz CT molecular complexity index is 1050. The van der Waals surface area contributed by atoms with Crippen molar-refractivity contribution >= 4 is 17.5 Å². The van der Waals surface area contributed by atoms with Crippen molar-refractivity contribution in [2.45, 2.75) is 13.0 Å². The highest BCUT2D eigenvalue weighted by Gasteiger charge is 2.09. The third-order valence-electron chi connectivity index (χ3n) is 4.42. The Morgan fingerprint density at radius 3 is 2.28 bits per heavy atom. The summed E-state index contributed by atoms with van der Waals surface area (Å²) in [5.74, 6) is 2.76. The van der Waals surface area contributed by atoms with Crippen LogP contribution in [-0.4, -0.2) is 9.97 Å². The number of rotatable bonds is 7. The van der Waals surface area contributed by atoms with Crippen LogP contribution in [0, 0.1) is 0 Å². The third kappa shape index (κ3) is 4.90. The average molecular weight is 382 g/mol. The molecule has 144 valence electrons. The Balaban J connectivity index is 1.50. The van der Waals surface area contributed by atoms with Gasteiger partial charge < -0.3 is 15.4 Å². The molecule has 29 heavy (non-hydrogen) atoms. The van der Waals surface area contributed by atoms with E-state index in [1.54, 1.807) is 6.20 Å². The highest BCUT2D eigenvalue weighted by atomic mass is 16.5. The Hall–Kier alpha value is -3.86. The zero-order valence-corrected chi connectivity index (χ0v) is 16.1. The predicted molar refractivity (Wildman–Crippen MR) is 117 cm³/mol. The van der Waals surface area contributed by atoms with Crippen molar-refractivity contribution in [2.75, 3.05) is 10.6 Å². The van der Waals surface area contributed by atoms with E-state index >= 15 is 0 Å². The van der Waals surface area contributed by atoms with E-state index in [-0.39, 0.29) is 6.04 Å². The number of nitrogens with zero attached hydrogens (tertiary/aromatic N) is 2. The second kappa shape index (κ2) is 8.89. The molecule has 5 nitrogen and oxygen atoms in total. The molecule has 0 aliphatic rings. The lowest BCUT2D eigenvalue weighted by atomic mass is 10.1. The lowest BCUT2D eigenvalue weighted by Gasteiger charge is -2.16. The molecular formula is C24H22N4O. The third-order valence-corrected chi connectivity index (χ3v) is 4.42. The minimum atomic E-state index is 0.0974. The van der Waals surface area contributed by atoms with Crippen molar-refractivity contribution in [2.24, 2.45) is 0 Å². The van der Waals surface area contributed by atoms with Crippen molar-refractivity contribution < 1.29 is 4.74 Å². The van der Waals surface area contributed by atoms with Gasteiger partial charge in [-0.05, 0) is 42.8 Å². The van der Waals surface area contributed by atoms with Gasteiger partial charge in [-0.1, -0.05) is 60.7 Å². The first-order valence-electron chi connectivity index (χ1n) is 9.51. The molecular weight excluding hydrogens is 360 g/mol. The van der Waals surface area contributed by atoms with Gasteiger partial charge in [-0.15, -0.1) is 0 Å². The highest BCUT2D eigenvalue weighted by molar-refractivity contribution is 5.65. The molecule has 0 saturated carbocycles. The maximum absolute atomic E-state index is 6.01. The van der Waals surface area contributed by atoms with E-state index in [4.69, 9.17) is 4.74 Å². The minimum Gasteiger partial charge on any atom is -0.455 e. The summed E-state index contributed by atoms with van der Waals surface area (Å²) in [5, 5.41) is 6.68. The van der Waals surface area contributed by atoms with E-state index in [0.717, 1.165) is 17.2 Å². The second-order valence-electron chi connectivity index (χ2n) is 6.58. The van der Waals surface area contributed by atoms with Crippen LogP contribution in [0.2, 0.25) is 0 Å². The number of aromatic nitrogens is 2. The molecule has 1 atom stereocenters. The van der Waals surface area contributed by atoms with Crippen molar-refractivity contribution in [3.05, 3.63) is 103 Å². The van der Waals surface area contributed by atoms with E-state index in [1.807, 2.05) is 78.9 Å². The van der Waals surface area contributed by atoms with Gasteiger partial charge in [0.1, 0.15) is 11.6 Å². The van der Waals surface area contributed by atoms with E-state index in [1.165, 1.54) is 5.56 Å². The maximum Gasteiger partial charge on any atom is 0.225 e. The number of anilines is 3. The first kappa shape index (κ1) is 18.5. The number of ether oxygens (including phenoxy) is 1. The van der Waals surface area contributed by atoms with Gasteiger partial charge in [0, 0.05) is 6.20 Å². The van der Waals surface area contributed by atoms with Gasteiger partial charge in [0.15, 0.2) is 5.75 Å². The highest BCUT2D eigenvalue weighted by Crippen LogP contribution is 2.31. The zero-order valence-electron chi connectivity index (χ0n) is 16.1. The topological polar surface area (TPSA) is 59.1 Å². The van der Waals surface area contributed by atoms with Crippen LogP contribution in [0.4, 0.5) is 17.5 Å². The summed E-state index contributed by atoms with van der Waals surface area (Å²) in [5.41, 5.74) is 2.01. The fraction of sp³-hybridized carbons (Fsp3) is 0.0833. The average Bonchev–Trinajstić information content (AvgIpc) is 2.77. The van der Waals surface area contributed by atoms with Gasteiger partial charge in [-0.3, -0.25) is 0 Å². The van der Waals surface area contributed by atoms with Gasteiger partial charge in [0.25, 0.3) is 0 Å². The molecule has 0 bridgehead atoms. The first-order valence-corrected chi connectivity index (χ1v) is 9.51. The minimum absolute atomic E-state index is 0.0974. The lowest BCUT2D eigenvalue weighted by molar-refractivity contribution is 0.485. The van der Waals surface area contributed by atoms with Crippen molar-refractivity contribution in [1.29, 1.82) is 0 Å². The molecule has 0 fully saturated rings. The van der Waals surface area contributed by atoms with Crippen LogP contribution in [0.1, 0.15) is 18.5 Å². The monoisotopic (exact) mass is 382 g/mol. The van der Waals surface area contributed by atoms with Gasteiger partial charge in [-0.25, -0.2) is 4.98 Å². The molecule has 4 rings (SSSR count). The largest absolute Gasteiger partial charge is 0.455 e. The first-order chi connectivity index (χ1) is 14.3. The lowest BCUT2D eigenvalue weighted by Crippen LogP contribution is -2.10. The molecule has 0 amide bonds. The summed E-state index contributed by atoms with van der Waals surface area (Å²) in [7, 11) is 0. The molecule has 1 heterocycles. The van der Waals surface area contributed by atoms with Crippen LogP contribution in [0.5, 0.6) is 11.5 Å². The summed E-state index contributed by atoms with van der Waals surface area (Å²) in [4.78, 5) is 8.94. The molecule has 3 aromatic carbocycles. The zero-order chi connectivity index (χ0) is 19.9. The Morgan fingerprint density at radius 2 is 1.48 bits per heavy atom. The van der Waals surface area contributed by atoms with Gasteiger partial charge in [0.2, 0.25) is 5.95 Å². The van der Waals surface area contributed by atoms with Crippen molar-refractivity contribution in [3.63, 3.8) is 0 Å². The number of benzene rings is 3. The molecule has 0 saturated heterocycles. The van der Waals surface area contributed by atoms with E-state index < -0.39 is 0 Å². The van der Waals surface area contributed by atoms with Crippen LogP contribution in [-0.2, 0) is 0 Å². The maximum atomic E-state index is 6.01. The summed E-state index contributed by atoms with van der Waals surface area (Å²) in [6.45, 7) is 2.09. The molecule has 1 unspecified atom stereocenters. The molecule has 0 spiro atoms. The summed E-state index contributed by atoms with van der Waals surface area (Å²) < 4.78 is 6.01. The summed E-state index contributed by atoms with van der Waals surface area (Å²) >= 11 is 0. The molecule has 0 aliphatic carbocycles. The molecule has 0 radical (unpaired) electrons. The quantitative estimate of drug-likeness (QED) is 0.399. The smallest absolute Gasteiger partial charge is 0.225 e. The molecule has 2 N–H and O–H groups in total. The molecule has 5 heteroatoms. The van der Waals surface area contributed by atoms with Crippen LogP contribution in [0.15, 0.2) is 97.2 Å².